The highest BCUT2D eigenvalue weighted by molar-refractivity contribution is 6.30. The van der Waals surface area contributed by atoms with Crippen LogP contribution in [-0.4, -0.2) is 28.8 Å². The van der Waals surface area contributed by atoms with Crippen LogP contribution in [0.2, 0.25) is 5.02 Å². The number of guanidine groups is 1. The van der Waals surface area contributed by atoms with Gasteiger partial charge < -0.3 is 10.6 Å². The molecule has 0 bridgehead atoms. The van der Waals surface area contributed by atoms with Crippen molar-refractivity contribution in [3.63, 3.8) is 0 Å². The van der Waals surface area contributed by atoms with Gasteiger partial charge in [-0.2, -0.15) is 5.10 Å². The van der Waals surface area contributed by atoms with Crippen LogP contribution in [0.5, 0.6) is 0 Å². The zero-order valence-corrected chi connectivity index (χ0v) is 13.8. The van der Waals surface area contributed by atoms with Crippen LogP contribution in [0.15, 0.2) is 41.7 Å². The average Bonchev–Trinajstić information content (AvgIpc) is 2.92. The number of aromatic nitrogens is 2. The van der Waals surface area contributed by atoms with Crippen LogP contribution in [0.25, 0.3) is 0 Å². The minimum Gasteiger partial charge on any atom is -0.357 e. The molecule has 0 unspecified atom stereocenters. The zero-order chi connectivity index (χ0) is 15.8. The molecule has 0 aliphatic carbocycles. The van der Waals surface area contributed by atoms with Crippen molar-refractivity contribution >= 4 is 17.6 Å². The molecule has 0 aliphatic heterocycles. The van der Waals surface area contributed by atoms with Crippen molar-refractivity contribution in [2.24, 2.45) is 12.0 Å². The number of halogens is 1. The van der Waals surface area contributed by atoms with Crippen LogP contribution in [0.4, 0.5) is 0 Å². The van der Waals surface area contributed by atoms with Gasteiger partial charge in [-0.3, -0.25) is 4.68 Å². The second kappa shape index (κ2) is 8.44. The van der Waals surface area contributed by atoms with Gasteiger partial charge in [-0.05, 0) is 36.6 Å². The third kappa shape index (κ3) is 5.41. The molecule has 1 aromatic carbocycles. The second-order valence-electron chi connectivity index (χ2n) is 5.02. The molecule has 22 heavy (non-hydrogen) atoms. The van der Waals surface area contributed by atoms with E-state index in [4.69, 9.17) is 11.6 Å². The normalized spacial score (nSPS) is 11.5. The molecule has 2 rings (SSSR count). The lowest BCUT2D eigenvalue weighted by atomic mass is 10.2. The molecular formula is C16H22ClN5. The molecule has 0 spiro atoms. The Morgan fingerprint density at radius 2 is 2.00 bits per heavy atom. The first-order valence-electron chi connectivity index (χ1n) is 7.41. The van der Waals surface area contributed by atoms with Gasteiger partial charge in [0.05, 0.1) is 12.7 Å². The molecule has 0 amide bonds. The van der Waals surface area contributed by atoms with Crippen molar-refractivity contribution in [3.05, 3.63) is 52.8 Å². The Kier molecular flexibility index (Phi) is 6.27. The summed E-state index contributed by atoms with van der Waals surface area (Å²) in [7, 11) is 1.93. The third-order valence-electron chi connectivity index (χ3n) is 3.14. The van der Waals surface area contributed by atoms with Gasteiger partial charge >= 0.3 is 0 Å². The number of rotatable bonds is 6. The number of hydrogen-bond donors (Lipinski definition) is 2. The Bertz CT molecular complexity index is 603. The van der Waals surface area contributed by atoms with Crippen molar-refractivity contribution in [1.82, 2.24) is 20.4 Å². The molecule has 0 saturated heterocycles. The molecule has 6 heteroatoms. The number of nitrogens with zero attached hydrogens (tertiary/aromatic N) is 3. The summed E-state index contributed by atoms with van der Waals surface area (Å²) in [4.78, 5) is 4.58. The van der Waals surface area contributed by atoms with Crippen molar-refractivity contribution in [1.29, 1.82) is 0 Å². The summed E-state index contributed by atoms with van der Waals surface area (Å²) in [6.45, 7) is 4.33. The van der Waals surface area contributed by atoms with E-state index >= 15 is 0 Å². The van der Waals surface area contributed by atoms with Crippen LogP contribution in [-0.2, 0) is 20.0 Å². The summed E-state index contributed by atoms with van der Waals surface area (Å²) in [5.41, 5.74) is 2.34. The standard InChI is InChI=1S/C16H22ClN5/c1-3-18-16(19-9-8-14-11-21-22(2)12-14)20-10-13-4-6-15(17)7-5-13/h4-7,11-12H,3,8-10H2,1-2H3,(H2,18,19,20). The van der Waals surface area contributed by atoms with E-state index in [1.165, 1.54) is 5.56 Å². The largest absolute Gasteiger partial charge is 0.357 e. The SMILES string of the molecule is CCNC(=NCc1ccc(Cl)cc1)NCCc1cnn(C)c1. The molecule has 0 aliphatic rings. The number of nitrogens with one attached hydrogen (secondary N) is 2. The third-order valence-corrected chi connectivity index (χ3v) is 3.39. The summed E-state index contributed by atoms with van der Waals surface area (Å²) in [5, 5.41) is 11.5. The Balaban J connectivity index is 1.85. The summed E-state index contributed by atoms with van der Waals surface area (Å²) < 4.78 is 1.81. The highest BCUT2D eigenvalue weighted by Crippen LogP contribution is 2.10. The lowest BCUT2D eigenvalue weighted by molar-refractivity contribution is 0.765. The van der Waals surface area contributed by atoms with E-state index in [1.54, 1.807) is 0 Å². The Morgan fingerprint density at radius 3 is 2.64 bits per heavy atom. The number of hydrogen-bond acceptors (Lipinski definition) is 2. The molecule has 0 saturated carbocycles. The van der Waals surface area contributed by atoms with E-state index in [0.29, 0.717) is 6.54 Å². The fourth-order valence-corrected chi connectivity index (χ4v) is 2.15. The molecule has 0 radical (unpaired) electrons. The molecule has 0 fully saturated rings. The first-order chi connectivity index (χ1) is 10.7. The first kappa shape index (κ1) is 16.4. The fourth-order valence-electron chi connectivity index (χ4n) is 2.03. The van der Waals surface area contributed by atoms with E-state index in [1.807, 2.05) is 48.4 Å². The van der Waals surface area contributed by atoms with E-state index in [0.717, 1.165) is 36.1 Å². The summed E-state index contributed by atoms with van der Waals surface area (Å²) in [6, 6.07) is 7.75. The monoisotopic (exact) mass is 319 g/mol. The molecule has 5 nitrogen and oxygen atoms in total. The Labute approximate surface area is 136 Å². The fraction of sp³-hybridized carbons (Fsp3) is 0.375. The van der Waals surface area contributed by atoms with Crippen LogP contribution < -0.4 is 10.6 Å². The van der Waals surface area contributed by atoms with Gasteiger partial charge in [0.25, 0.3) is 0 Å². The van der Waals surface area contributed by atoms with Crippen molar-refractivity contribution in [2.45, 2.75) is 19.9 Å². The summed E-state index contributed by atoms with van der Waals surface area (Å²) in [6.07, 6.45) is 4.83. The minimum absolute atomic E-state index is 0.624. The van der Waals surface area contributed by atoms with Crippen LogP contribution >= 0.6 is 11.6 Å². The van der Waals surface area contributed by atoms with Gasteiger partial charge in [0, 0.05) is 31.4 Å². The predicted molar refractivity (Wildman–Crippen MR) is 91.2 cm³/mol. The Morgan fingerprint density at radius 1 is 1.23 bits per heavy atom. The number of benzene rings is 1. The van der Waals surface area contributed by atoms with Crippen molar-refractivity contribution in [2.75, 3.05) is 13.1 Å². The maximum absolute atomic E-state index is 5.89. The molecule has 1 aromatic heterocycles. The van der Waals surface area contributed by atoms with Crippen LogP contribution in [0, 0.1) is 0 Å². The quantitative estimate of drug-likeness (QED) is 0.635. The van der Waals surface area contributed by atoms with E-state index in [2.05, 4.69) is 27.6 Å². The topological polar surface area (TPSA) is 54.2 Å². The van der Waals surface area contributed by atoms with E-state index < -0.39 is 0 Å². The highest BCUT2D eigenvalue weighted by Gasteiger charge is 2.00. The maximum atomic E-state index is 5.89. The lowest BCUT2D eigenvalue weighted by Gasteiger charge is -2.10. The van der Waals surface area contributed by atoms with Gasteiger partial charge in [-0.1, -0.05) is 23.7 Å². The predicted octanol–water partition coefficient (Wildman–Crippen LogP) is 2.37. The summed E-state index contributed by atoms with van der Waals surface area (Å²) in [5.74, 6) is 0.821. The van der Waals surface area contributed by atoms with Crippen LogP contribution in [0.1, 0.15) is 18.1 Å². The molecule has 2 N–H and O–H groups in total. The van der Waals surface area contributed by atoms with Gasteiger partial charge in [0.1, 0.15) is 0 Å². The smallest absolute Gasteiger partial charge is 0.191 e. The summed E-state index contributed by atoms with van der Waals surface area (Å²) >= 11 is 5.89. The Hall–Kier alpha value is -2.01. The molecule has 118 valence electrons. The molecule has 0 atom stereocenters. The number of aryl methyl sites for hydroxylation is 1. The maximum Gasteiger partial charge on any atom is 0.191 e. The van der Waals surface area contributed by atoms with Crippen molar-refractivity contribution in [3.8, 4) is 0 Å². The molecule has 1 heterocycles. The highest BCUT2D eigenvalue weighted by atomic mass is 35.5. The van der Waals surface area contributed by atoms with Crippen LogP contribution in [0.3, 0.4) is 0 Å². The lowest BCUT2D eigenvalue weighted by Crippen LogP contribution is -2.38. The van der Waals surface area contributed by atoms with E-state index in [9.17, 15) is 0 Å². The first-order valence-corrected chi connectivity index (χ1v) is 7.79. The average molecular weight is 320 g/mol. The van der Waals surface area contributed by atoms with Gasteiger partial charge in [-0.25, -0.2) is 4.99 Å². The van der Waals surface area contributed by atoms with Gasteiger partial charge in [0.2, 0.25) is 0 Å². The minimum atomic E-state index is 0.624. The number of aliphatic imine (C=N–C) groups is 1. The van der Waals surface area contributed by atoms with Gasteiger partial charge in [0.15, 0.2) is 5.96 Å². The van der Waals surface area contributed by atoms with Crippen molar-refractivity contribution < 1.29 is 0 Å². The second-order valence-corrected chi connectivity index (χ2v) is 5.46. The molecular weight excluding hydrogens is 298 g/mol. The van der Waals surface area contributed by atoms with Gasteiger partial charge in [-0.15, -0.1) is 0 Å². The zero-order valence-electron chi connectivity index (χ0n) is 13.0. The molecule has 2 aromatic rings. The van der Waals surface area contributed by atoms with E-state index in [-0.39, 0.29) is 0 Å².